The fourth-order valence-electron chi connectivity index (χ4n) is 2.28. The number of aromatic nitrogens is 2. The summed E-state index contributed by atoms with van der Waals surface area (Å²) in [6.45, 7) is 7.55. The van der Waals surface area contributed by atoms with Crippen LogP contribution in [-0.4, -0.2) is 16.0 Å². The lowest BCUT2D eigenvalue weighted by molar-refractivity contribution is -0.141. The number of hydrogen-bond acceptors (Lipinski definition) is 4. The van der Waals surface area contributed by atoms with Gasteiger partial charge in [-0.3, -0.25) is 0 Å². The number of rotatable bonds is 5. The van der Waals surface area contributed by atoms with Gasteiger partial charge >= 0.3 is 6.18 Å². The number of anilines is 3. The van der Waals surface area contributed by atoms with Crippen molar-refractivity contribution < 1.29 is 13.2 Å². The smallest absolute Gasteiger partial charge is 0.352 e. The summed E-state index contributed by atoms with van der Waals surface area (Å²) in [6.07, 6.45) is -3.80. The zero-order chi connectivity index (χ0) is 18.8. The van der Waals surface area contributed by atoms with Crippen molar-refractivity contribution in [2.45, 2.75) is 46.3 Å². The first-order valence-electron chi connectivity index (χ1n) is 7.86. The topological polar surface area (TPSA) is 49.8 Å². The van der Waals surface area contributed by atoms with Crippen LogP contribution in [0, 0.1) is 13.8 Å². The van der Waals surface area contributed by atoms with E-state index in [-0.39, 0.29) is 17.8 Å². The van der Waals surface area contributed by atoms with E-state index in [1.807, 2.05) is 39.8 Å². The SMILES string of the molecule is CC[C@@H](C)Nc1nc(Nc2c(C)cc(Br)cc2C)cc(C(F)(F)F)n1. The average molecular weight is 417 g/mol. The lowest BCUT2D eigenvalue weighted by Gasteiger charge is -2.17. The Hall–Kier alpha value is -1.83. The molecule has 0 fully saturated rings. The molecule has 0 spiro atoms. The summed E-state index contributed by atoms with van der Waals surface area (Å²) in [6, 6.07) is 4.66. The molecule has 0 aliphatic rings. The molecule has 0 aliphatic carbocycles. The maximum absolute atomic E-state index is 13.2. The highest BCUT2D eigenvalue weighted by Gasteiger charge is 2.34. The van der Waals surface area contributed by atoms with Crippen LogP contribution < -0.4 is 10.6 Å². The number of aryl methyl sites for hydroxylation is 2. The molecule has 1 heterocycles. The number of halogens is 4. The number of alkyl halides is 3. The molecule has 0 saturated carbocycles. The number of hydrogen-bond donors (Lipinski definition) is 2. The fourth-order valence-corrected chi connectivity index (χ4v) is 2.97. The molecule has 1 aromatic carbocycles. The average Bonchev–Trinajstić information content (AvgIpc) is 2.49. The highest BCUT2D eigenvalue weighted by Crippen LogP contribution is 2.32. The summed E-state index contributed by atoms with van der Waals surface area (Å²) in [5.74, 6) is 0.0562. The maximum Gasteiger partial charge on any atom is 0.433 e. The van der Waals surface area contributed by atoms with Gasteiger partial charge in [-0.1, -0.05) is 22.9 Å². The normalized spacial score (nSPS) is 12.8. The van der Waals surface area contributed by atoms with Crippen LogP contribution in [-0.2, 0) is 6.18 Å². The molecule has 0 radical (unpaired) electrons. The summed E-state index contributed by atoms with van der Waals surface area (Å²) in [5.41, 5.74) is 1.54. The largest absolute Gasteiger partial charge is 0.433 e. The van der Waals surface area contributed by atoms with Gasteiger partial charge in [0.1, 0.15) is 5.82 Å². The Morgan fingerprint density at radius 1 is 1.12 bits per heavy atom. The van der Waals surface area contributed by atoms with Crippen LogP contribution in [0.15, 0.2) is 22.7 Å². The molecule has 0 aliphatic heterocycles. The van der Waals surface area contributed by atoms with Gasteiger partial charge in [0.05, 0.1) is 0 Å². The van der Waals surface area contributed by atoms with Crippen LogP contribution in [0.2, 0.25) is 0 Å². The summed E-state index contributed by atoms with van der Waals surface area (Å²) in [4.78, 5) is 7.79. The van der Waals surface area contributed by atoms with Crippen molar-refractivity contribution in [3.63, 3.8) is 0 Å². The molecule has 1 atom stereocenters. The van der Waals surface area contributed by atoms with Crippen molar-refractivity contribution in [2.75, 3.05) is 10.6 Å². The third-order valence-corrected chi connectivity index (χ3v) is 4.21. The van der Waals surface area contributed by atoms with Crippen molar-refractivity contribution >= 4 is 33.4 Å². The van der Waals surface area contributed by atoms with E-state index in [1.165, 1.54) is 0 Å². The Bertz CT molecular complexity index is 739. The molecular formula is C17H20BrF3N4. The Kier molecular flexibility index (Phi) is 5.92. The van der Waals surface area contributed by atoms with Gasteiger partial charge in [0, 0.05) is 22.3 Å². The second-order valence-corrected chi connectivity index (χ2v) is 6.87. The first-order chi connectivity index (χ1) is 11.6. The molecule has 0 saturated heterocycles. The van der Waals surface area contributed by atoms with Crippen LogP contribution >= 0.6 is 15.9 Å². The van der Waals surface area contributed by atoms with Crippen LogP contribution in [0.5, 0.6) is 0 Å². The van der Waals surface area contributed by atoms with Crippen LogP contribution in [0.25, 0.3) is 0 Å². The molecule has 0 bridgehead atoms. The summed E-state index contributed by atoms with van der Waals surface area (Å²) < 4.78 is 40.4. The fraction of sp³-hybridized carbons (Fsp3) is 0.412. The van der Waals surface area contributed by atoms with Crippen molar-refractivity contribution in [3.05, 3.63) is 39.5 Å². The zero-order valence-electron chi connectivity index (χ0n) is 14.4. The van der Waals surface area contributed by atoms with E-state index in [1.54, 1.807) is 0 Å². The van der Waals surface area contributed by atoms with Gasteiger partial charge < -0.3 is 10.6 Å². The van der Waals surface area contributed by atoms with E-state index in [0.29, 0.717) is 0 Å². The summed E-state index contributed by atoms with van der Waals surface area (Å²) >= 11 is 3.40. The van der Waals surface area contributed by atoms with E-state index < -0.39 is 11.9 Å². The van der Waals surface area contributed by atoms with E-state index >= 15 is 0 Å². The molecule has 4 nitrogen and oxygen atoms in total. The summed E-state index contributed by atoms with van der Waals surface area (Å²) in [5, 5.41) is 5.90. The molecule has 1 aromatic heterocycles. The van der Waals surface area contributed by atoms with E-state index in [2.05, 4.69) is 36.5 Å². The van der Waals surface area contributed by atoms with Gasteiger partial charge in [0.25, 0.3) is 0 Å². The lowest BCUT2D eigenvalue weighted by Crippen LogP contribution is -2.19. The lowest BCUT2D eigenvalue weighted by atomic mass is 10.1. The molecule has 0 amide bonds. The first kappa shape index (κ1) is 19.5. The quantitative estimate of drug-likeness (QED) is 0.643. The zero-order valence-corrected chi connectivity index (χ0v) is 16.0. The predicted molar refractivity (Wildman–Crippen MR) is 97.3 cm³/mol. The highest BCUT2D eigenvalue weighted by atomic mass is 79.9. The Labute approximate surface area is 153 Å². The number of nitrogens with one attached hydrogen (secondary N) is 2. The van der Waals surface area contributed by atoms with E-state index in [4.69, 9.17) is 0 Å². The van der Waals surface area contributed by atoms with Gasteiger partial charge in [-0.15, -0.1) is 0 Å². The maximum atomic E-state index is 13.2. The van der Waals surface area contributed by atoms with Crippen molar-refractivity contribution in [1.29, 1.82) is 0 Å². The van der Waals surface area contributed by atoms with Crippen molar-refractivity contribution in [2.24, 2.45) is 0 Å². The number of nitrogens with zero attached hydrogens (tertiary/aromatic N) is 2. The molecule has 25 heavy (non-hydrogen) atoms. The van der Waals surface area contributed by atoms with Crippen LogP contribution in [0.4, 0.5) is 30.6 Å². The predicted octanol–water partition coefficient (Wildman–Crippen LogP) is 5.83. The summed E-state index contributed by atoms with van der Waals surface area (Å²) in [7, 11) is 0. The monoisotopic (exact) mass is 416 g/mol. The van der Waals surface area contributed by atoms with Gasteiger partial charge in [0.2, 0.25) is 5.95 Å². The Balaban J connectivity index is 2.44. The molecule has 2 rings (SSSR count). The third kappa shape index (κ3) is 5.07. The van der Waals surface area contributed by atoms with Gasteiger partial charge in [-0.05, 0) is 50.5 Å². The van der Waals surface area contributed by atoms with Crippen molar-refractivity contribution in [3.8, 4) is 0 Å². The molecule has 0 unspecified atom stereocenters. The number of benzene rings is 1. The van der Waals surface area contributed by atoms with Gasteiger partial charge in [-0.2, -0.15) is 18.2 Å². The minimum Gasteiger partial charge on any atom is -0.352 e. The molecule has 2 aromatic rings. The van der Waals surface area contributed by atoms with E-state index in [9.17, 15) is 13.2 Å². The Morgan fingerprint density at radius 3 is 2.24 bits per heavy atom. The van der Waals surface area contributed by atoms with E-state index in [0.717, 1.165) is 33.8 Å². The Morgan fingerprint density at radius 2 is 1.72 bits per heavy atom. The third-order valence-electron chi connectivity index (χ3n) is 3.75. The van der Waals surface area contributed by atoms with Crippen molar-refractivity contribution in [1.82, 2.24) is 9.97 Å². The molecular weight excluding hydrogens is 397 g/mol. The standard InChI is InChI=1S/C17H20BrF3N4/c1-5-11(4)22-16-23-13(17(19,20)21)8-14(25-16)24-15-9(2)6-12(18)7-10(15)3/h6-8,11H,5H2,1-4H3,(H2,22,23,24,25)/t11-/m1/s1. The minimum atomic E-state index is -4.55. The van der Waals surface area contributed by atoms with Gasteiger partial charge in [-0.25, -0.2) is 4.98 Å². The van der Waals surface area contributed by atoms with Crippen LogP contribution in [0.1, 0.15) is 37.1 Å². The minimum absolute atomic E-state index is 0.0347. The molecule has 2 N–H and O–H groups in total. The highest BCUT2D eigenvalue weighted by molar-refractivity contribution is 9.10. The van der Waals surface area contributed by atoms with Gasteiger partial charge in [0.15, 0.2) is 5.69 Å². The van der Waals surface area contributed by atoms with Crippen LogP contribution in [0.3, 0.4) is 0 Å². The second kappa shape index (κ2) is 7.59. The second-order valence-electron chi connectivity index (χ2n) is 5.95. The first-order valence-corrected chi connectivity index (χ1v) is 8.66. The molecule has 136 valence electrons. The molecule has 8 heteroatoms.